The lowest BCUT2D eigenvalue weighted by atomic mass is 10.3. The summed E-state index contributed by atoms with van der Waals surface area (Å²) in [6, 6.07) is 0. The summed E-state index contributed by atoms with van der Waals surface area (Å²) in [5.41, 5.74) is 0. The Balaban J connectivity index is 0. The van der Waals surface area contributed by atoms with Crippen LogP contribution in [0.2, 0.25) is 0 Å². The van der Waals surface area contributed by atoms with Gasteiger partial charge in [0.25, 0.3) is 0 Å². The van der Waals surface area contributed by atoms with Crippen molar-refractivity contribution in [2.45, 2.75) is 20.3 Å². The van der Waals surface area contributed by atoms with Gasteiger partial charge in [0, 0.05) is 39.1 Å². The number of halogens is 2. The highest BCUT2D eigenvalue weighted by Gasteiger charge is 2.16. The Kier molecular flexibility index (Phi) is 12.6. The molecular weight excluding hydrogens is 261 g/mol. The first-order valence-electron chi connectivity index (χ1n) is 5.98. The van der Waals surface area contributed by atoms with Crippen LogP contribution in [0, 0.1) is 0 Å². The Labute approximate surface area is 117 Å². The molecule has 104 valence electrons. The summed E-state index contributed by atoms with van der Waals surface area (Å²) < 4.78 is 0. The van der Waals surface area contributed by atoms with Crippen molar-refractivity contribution >= 4 is 30.7 Å². The first-order chi connectivity index (χ1) is 7.27. The molecule has 4 nitrogen and oxygen atoms in total. The van der Waals surface area contributed by atoms with E-state index in [0.29, 0.717) is 12.3 Å². The zero-order valence-electron chi connectivity index (χ0n) is 10.8. The molecule has 0 aromatic carbocycles. The fourth-order valence-electron chi connectivity index (χ4n) is 1.87. The van der Waals surface area contributed by atoms with Gasteiger partial charge in [0.1, 0.15) is 0 Å². The van der Waals surface area contributed by atoms with E-state index in [1.54, 1.807) is 0 Å². The number of hydrogen-bond donors (Lipinski definition) is 1. The molecule has 1 aliphatic rings. The lowest BCUT2D eigenvalue weighted by Crippen LogP contribution is -2.47. The summed E-state index contributed by atoms with van der Waals surface area (Å²) in [7, 11) is 0. The first kappa shape index (κ1) is 19.3. The molecule has 0 bridgehead atoms. The number of nitrogens with zero attached hydrogens (tertiary/aromatic N) is 2. The molecule has 0 saturated carbocycles. The van der Waals surface area contributed by atoms with E-state index in [2.05, 4.69) is 24.1 Å². The van der Waals surface area contributed by atoms with Crippen LogP contribution in [0.25, 0.3) is 0 Å². The minimum absolute atomic E-state index is 0. The number of carbonyl (C=O) groups excluding carboxylic acids is 1. The van der Waals surface area contributed by atoms with Gasteiger partial charge in [0.2, 0.25) is 5.91 Å². The Morgan fingerprint density at radius 2 is 1.71 bits per heavy atom. The van der Waals surface area contributed by atoms with Crippen LogP contribution in [0.1, 0.15) is 20.3 Å². The maximum atomic E-state index is 11.8. The number of nitrogens with one attached hydrogen (secondary N) is 1. The first-order valence-corrected chi connectivity index (χ1v) is 5.98. The minimum atomic E-state index is 0. The predicted octanol–water partition coefficient (Wildman–Crippen LogP) is 0.994. The molecule has 0 aromatic heterocycles. The smallest absolute Gasteiger partial charge is 0.223 e. The molecule has 1 aliphatic heterocycles. The molecule has 6 heteroatoms. The van der Waals surface area contributed by atoms with Gasteiger partial charge in [-0.15, -0.1) is 24.8 Å². The molecular formula is C11H25Cl2N3O. The number of hydrogen-bond acceptors (Lipinski definition) is 3. The lowest BCUT2D eigenvalue weighted by molar-refractivity contribution is -0.132. The van der Waals surface area contributed by atoms with Crippen molar-refractivity contribution in [1.29, 1.82) is 0 Å². The van der Waals surface area contributed by atoms with Gasteiger partial charge in [0.15, 0.2) is 0 Å². The Morgan fingerprint density at radius 1 is 1.18 bits per heavy atom. The second-order valence-corrected chi connectivity index (χ2v) is 3.91. The van der Waals surface area contributed by atoms with Crippen LogP contribution in [-0.2, 0) is 4.79 Å². The Morgan fingerprint density at radius 3 is 2.18 bits per heavy atom. The molecule has 1 fully saturated rings. The van der Waals surface area contributed by atoms with Crippen molar-refractivity contribution in [2.24, 2.45) is 0 Å². The molecule has 17 heavy (non-hydrogen) atoms. The average molecular weight is 286 g/mol. The average Bonchev–Trinajstić information content (AvgIpc) is 2.31. The Hall–Kier alpha value is -0.0300. The van der Waals surface area contributed by atoms with Gasteiger partial charge in [-0.1, -0.05) is 13.8 Å². The number of carbonyl (C=O) groups is 1. The summed E-state index contributed by atoms with van der Waals surface area (Å²) >= 11 is 0. The maximum absolute atomic E-state index is 11.8. The monoisotopic (exact) mass is 285 g/mol. The number of rotatable bonds is 5. The fraction of sp³-hybridized carbons (Fsp3) is 0.909. The zero-order valence-corrected chi connectivity index (χ0v) is 12.4. The molecule has 1 N–H and O–H groups in total. The molecule has 1 heterocycles. The van der Waals surface area contributed by atoms with Gasteiger partial charge in [-0.3, -0.25) is 4.79 Å². The van der Waals surface area contributed by atoms with E-state index in [9.17, 15) is 4.79 Å². The summed E-state index contributed by atoms with van der Waals surface area (Å²) in [6.45, 7) is 10.9. The molecule has 1 saturated heterocycles. The van der Waals surface area contributed by atoms with Gasteiger partial charge in [-0.05, 0) is 13.1 Å². The van der Waals surface area contributed by atoms with E-state index in [1.807, 2.05) is 4.90 Å². The summed E-state index contributed by atoms with van der Waals surface area (Å²) in [4.78, 5) is 16.1. The van der Waals surface area contributed by atoms with Gasteiger partial charge in [0.05, 0.1) is 0 Å². The van der Waals surface area contributed by atoms with Gasteiger partial charge in [-0.2, -0.15) is 0 Å². The molecule has 1 rings (SSSR count). The third kappa shape index (κ3) is 7.09. The third-order valence-electron chi connectivity index (χ3n) is 3.01. The van der Waals surface area contributed by atoms with E-state index in [1.165, 1.54) is 0 Å². The second kappa shape index (κ2) is 11.1. The molecule has 0 aliphatic carbocycles. The van der Waals surface area contributed by atoms with E-state index in [-0.39, 0.29) is 24.8 Å². The van der Waals surface area contributed by atoms with E-state index in [0.717, 1.165) is 45.8 Å². The number of amides is 1. The highest BCUT2D eigenvalue weighted by molar-refractivity contribution is 5.85. The van der Waals surface area contributed by atoms with E-state index < -0.39 is 0 Å². The summed E-state index contributed by atoms with van der Waals surface area (Å²) in [5, 5.41) is 3.25. The molecule has 1 amide bonds. The zero-order chi connectivity index (χ0) is 11.1. The second-order valence-electron chi connectivity index (χ2n) is 3.91. The van der Waals surface area contributed by atoms with Crippen LogP contribution >= 0.6 is 24.8 Å². The van der Waals surface area contributed by atoms with Crippen LogP contribution in [0.5, 0.6) is 0 Å². The van der Waals surface area contributed by atoms with Crippen LogP contribution in [0.15, 0.2) is 0 Å². The maximum Gasteiger partial charge on any atom is 0.223 e. The number of piperazine rings is 1. The standard InChI is InChI=1S/C11H23N3O.2ClH/c1-3-13(4-2)8-5-11(15)14-9-6-12-7-10-14;;/h12H,3-10H2,1-2H3;2*1H. The highest BCUT2D eigenvalue weighted by atomic mass is 35.5. The quantitative estimate of drug-likeness (QED) is 0.819. The Bertz CT molecular complexity index is 195. The van der Waals surface area contributed by atoms with E-state index in [4.69, 9.17) is 0 Å². The van der Waals surface area contributed by atoms with Crippen molar-refractivity contribution in [2.75, 3.05) is 45.8 Å². The van der Waals surface area contributed by atoms with Crippen LogP contribution in [-0.4, -0.2) is 61.5 Å². The molecule has 0 unspecified atom stereocenters. The van der Waals surface area contributed by atoms with Crippen LogP contribution in [0.3, 0.4) is 0 Å². The van der Waals surface area contributed by atoms with Crippen molar-refractivity contribution in [3.63, 3.8) is 0 Å². The lowest BCUT2D eigenvalue weighted by Gasteiger charge is -2.28. The predicted molar refractivity (Wildman–Crippen MR) is 76.4 cm³/mol. The van der Waals surface area contributed by atoms with Gasteiger partial charge >= 0.3 is 0 Å². The molecule has 0 radical (unpaired) electrons. The van der Waals surface area contributed by atoms with Crippen molar-refractivity contribution < 1.29 is 4.79 Å². The van der Waals surface area contributed by atoms with Gasteiger partial charge in [-0.25, -0.2) is 0 Å². The van der Waals surface area contributed by atoms with Crippen LogP contribution < -0.4 is 5.32 Å². The summed E-state index contributed by atoms with van der Waals surface area (Å²) in [6.07, 6.45) is 0.668. The summed E-state index contributed by atoms with van der Waals surface area (Å²) in [5.74, 6) is 0.309. The normalized spacial score (nSPS) is 15.1. The van der Waals surface area contributed by atoms with Gasteiger partial charge < -0.3 is 15.1 Å². The SMILES string of the molecule is CCN(CC)CCC(=O)N1CCNCC1.Cl.Cl. The topological polar surface area (TPSA) is 35.6 Å². The molecule has 0 atom stereocenters. The van der Waals surface area contributed by atoms with Crippen molar-refractivity contribution in [3.05, 3.63) is 0 Å². The van der Waals surface area contributed by atoms with E-state index >= 15 is 0 Å². The van der Waals surface area contributed by atoms with Crippen molar-refractivity contribution in [1.82, 2.24) is 15.1 Å². The molecule has 0 spiro atoms. The fourth-order valence-corrected chi connectivity index (χ4v) is 1.87. The highest BCUT2D eigenvalue weighted by Crippen LogP contribution is 1.99. The minimum Gasteiger partial charge on any atom is -0.340 e. The van der Waals surface area contributed by atoms with Crippen LogP contribution in [0.4, 0.5) is 0 Å². The largest absolute Gasteiger partial charge is 0.340 e. The third-order valence-corrected chi connectivity index (χ3v) is 3.01. The molecule has 0 aromatic rings. The van der Waals surface area contributed by atoms with Crippen molar-refractivity contribution in [3.8, 4) is 0 Å².